The number of benzene rings is 1. The molecule has 0 saturated heterocycles. The lowest BCUT2D eigenvalue weighted by atomic mass is 9.84. The minimum absolute atomic E-state index is 0.0896. The molecule has 0 saturated carbocycles. The first-order chi connectivity index (χ1) is 12.2. The number of aliphatic carboxylic acids is 2. The van der Waals surface area contributed by atoms with Crippen LogP contribution in [0.25, 0.3) is 0 Å². The molecule has 0 aromatic heterocycles. The average molecular weight is 366 g/mol. The van der Waals surface area contributed by atoms with Crippen LogP contribution in [0.1, 0.15) is 37.5 Å². The number of carboxylic acids is 2. The number of aliphatic hydroxyl groups is 1. The fraction of sp³-hybridized carbons (Fsp3) is 0.444. The van der Waals surface area contributed by atoms with Gasteiger partial charge >= 0.3 is 11.9 Å². The summed E-state index contributed by atoms with van der Waals surface area (Å²) in [6, 6.07) is 3.91. The average Bonchev–Trinajstić information content (AvgIpc) is 2.55. The van der Waals surface area contributed by atoms with Gasteiger partial charge in [-0.05, 0) is 30.0 Å². The molecule has 0 amide bonds. The van der Waals surface area contributed by atoms with Crippen LogP contribution in [0, 0.1) is 0 Å². The number of hydrogen-bond acceptors (Lipinski definition) is 6. The fourth-order valence-corrected chi connectivity index (χ4v) is 2.90. The Kier molecular flexibility index (Phi) is 8.08. The van der Waals surface area contributed by atoms with Crippen LogP contribution in [0.15, 0.2) is 24.3 Å². The van der Waals surface area contributed by atoms with E-state index in [1.165, 1.54) is 0 Å². The van der Waals surface area contributed by atoms with Crippen molar-refractivity contribution in [3.8, 4) is 5.75 Å². The third-order valence-electron chi connectivity index (χ3n) is 3.90. The van der Waals surface area contributed by atoms with E-state index in [9.17, 15) is 19.8 Å². The minimum Gasteiger partial charge on any atom is -0.506 e. The SMILES string of the molecule is CNc1c(O)ccc2c1CCC(NC(C)C)C2O.O=C(O)C=CC(=O)O. The van der Waals surface area contributed by atoms with Gasteiger partial charge in [0.05, 0.1) is 11.8 Å². The number of carboxylic acid groups (broad SMARTS) is 2. The number of phenols is 1. The summed E-state index contributed by atoms with van der Waals surface area (Å²) in [5.41, 5.74) is 2.70. The minimum atomic E-state index is -1.26. The maximum atomic E-state index is 10.4. The van der Waals surface area contributed by atoms with Crippen molar-refractivity contribution in [2.45, 2.75) is 44.9 Å². The van der Waals surface area contributed by atoms with Crippen molar-refractivity contribution >= 4 is 17.6 Å². The number of aliphatic hydroxyl groups excluding tert-OH is 1. The van der Waals surface area contributed by atoms with Gasteiger partial charge in [-0.1, -0.05) is 19.9 Å². The Bertz CT molecular complexity index is 656. The Hall–Kier alpha value is -2.58. The molecule has 2 atom stereocenters. The van der Waals surface area contributed by atoms with Crippen molar-refractivity contribution in [2.75, 3.05) is 12.4 Å². The van der Waals surface area contributed by atoms with Crippen LogP contribution in [-0.4, -0.2) is 51.5 Å². The lowest BCUT2D eigenvalue weighted by molar-refractivity contribution is -0.134. The van der Waals surface area contributed by atoms with Gasteiger partial charge in [0, 0.05) is 31.3 Å². The zero-order chi connectivity index (χ0) is 19.9. The highest BCUT2D eigenvalue weighted by atomic mass is 16.4. The molecule has 8 heteroatoms. The summed E-state index contributed by atoms with van der Waals surface area (Å²) in [5.74, 6) is -2.27. The number of carbonyl (C=O) groups is 2. The molecule has 0 bridgehead atoms. The Morgan fingerprint density at radius 1 is 1.19 bits per heavy atom. The summed E-state index contributed by atoms with van der Waals surface area (Å²) in [6.07, 6.45) is 2.35. The lowest BCUT2D eigenvalue weighted by Gasteiger charge is -2.33. The Labute approximate surface area is 152 Å². The standard InChI is InChI=1S/C14H22N2O2.C4H4O4/c1-8(2)16-11-6-4-9-10(14(11)18)5-7-12(17)13(9)15-3;5-3(6)1-2-4(7)8/h5,7-8,11,14-18H,4,6H2,1-3H3;1-2H,(H,5,6)(H,7,8). The smallest absolute Gasteiger partial charge is 0.328 e. The first kappa shape index (κ1) is 21.5. The van der Waals surface area contributed by atoms with Gasteiger partial charge in [0.15, 0.2) is 0 Å². The van der Waals surface area contributed by atoms with Gasteiger partial charge in [0.2, 0.25) is 0 Å². The number of fused-ring (bicyclic) bond motifs is 1. The number of rotatable bonds is 5. The second-order valence-corrected chi connectivity index (χ2v) is 6.20. The van der Waals surface area contributed by atoms with Crippen LogP contribution in [0.4, 0.5) is 5.69 Å². The first-order valence-corrected chi connectivity index (χ1v) is 8.27. The molecule has 1 aromatic carbocycles. The highest BCUT2D eigenvalue weighted by Crippen LogP contribution is 2.38. The monoisotopic (exact) mass is 366 g/mol. The van der Waals surface area contributed by atoms with E-state index in [1.807, 2.05) is 6.07 Å². The van der Waals surface area contributed by atoms with E-state index in [0.29, 0.717) is 18.2 Å². The molecule has 1 aliphatic rings. The molecule has 6 N–H and O–H groups in total. The molecule has 0 heterocycles. The molecule has 0 radical (unpaired) electrons. The topological polar surface area (TPSA) is 139 Å². The van der Waals surface area contributed by atoms with E-state index in [2.05, 4.69) is 24.5 Å². The van der Waals surface area contributed by atoms with Crippen molar-refractivity contribution in [1.82, 2.24) is 5.32 Å². The van der Waals surface area contributed by atoms with Crippen LogP contribution in [0.2, 0.25) is 0 Å². The highest BCUT2D eigenvalue weighted by Gasteiger charge is 2.30. The summed E-state index contributed by atoms with van der Waals surface area (Å²) in [5, 5.41) is 42.2. The van der Waals surface area contributed by atoms with Gasteiger partial charge in [-0.25, -0.2) is 9.59 Å². The number of nitrogens with one attached hydrogen (secondary N) is 2. The Morgan fingerprint density at radius 3 is 2.23 bits per heavy atom. The molecular formula is C18H26N2O6. The molecule has 1 aliphatic carbocycles. The predicted molar refractivity (Wildman–Crippen MR) is 97.4 cm³/mol. The van der Waals surface area contributed by atoms with E-state index >= 15 is 0 Å². The van der Waals surface area contributed by atoms with Crippen LogP contribution in [-0.2, 0) is 16.0 Å². The second-order valence-electron chi connectivity index (χ2n) is 6.20. The Morgan fingerprint density at radius 2 is 1.77 bits per heavy atom. The highest BCUT2D eigenvalue weighted by molar-refractivity contribution is 5.89. The van der Waals surface area contributed by atoms with E-state index in [1.54, 1.807) is 13.1 Å². The van der Waals surface area contributed by atoms with E-state index < -0.39 is 18.0 Å². The Balaban J connectivity index is 0.000000359. The summed E-state index contributed by atoms with van der Waals surface area (Å²) in [4.78, 5) is 19.1. The number of phenolic OH excluding ortho intramolecular Hbond substituents is 1. The third-order valence-corrected chi connectivity index (χ3v) is 3.90. The lowest BCUT2D eigenvalue weighted by Crippen LogP contribution is -2.42. The number of aromatic hydroxyl groups is 1. The molecular weight excluding hydrogens is 340 g/mol. The molecule has 26 heavy (non-hydrogen) atoms. The molecule has 0 fully saturated rings. The molecule has 8 nitrogen and oxygen atoms in total. The molecule has 2 unspecified atom stereocenters. The maximum Gasteiger partial charge on any atom is 0.328 e. The van der Waals surface area contributed by atoms with Crippen LogP contribution < -0.4 is 10.6 Å². The van der Waals surface area contributed by atoms with E-state index in [0.717, 1.165) is 29.7 Å². The quantitative estimate of drug-likeness (QED) is 0.340. The van der Waals surface area contributed by atoms with Crippen molar-refractivity contribution in [1.29, 1.82) is 0 Å². The van der Waals surface area contributed by atoms with Gasteiger partial charge in [-0.15, -0.1) is 0 Å². The normalized spacial score (nSPS) is 18.8. The molecule has 1 aromatic rings. The largest absolute Gasteiger partial charge is 0.506 e. The van der Waals surface area contributed by atoms with E-state index in [-0.39, 0.29) is 11.8 Å². The second kappa shape index (κ2) is 9.79. The van der Waals surface area contributed by atoms with Crippen LogP contribution in [0.3, 0.4) is 0 Å². The summed E-state index contributed by atoms with van der Waals surface area (Å²) in [7, 11) is 1.79. The molecule has 144 valence electrons. The van der Waals surface area contributed by atoms with Crippen molar-refractivity contribution < 1.29 is 30.0 Å². The van der Waals surface area contributed by atoms with Crippen molar-refractivity contribution in [2.24, 2.45) is 0 Å². The number of anilines is 1. The molecule has 0 spiro atoms. The van der Waals surface area contributed by atoms with Crippen LogP contribution >= 0.6 is 0 Å². The van der Waals surface area contributed by atoms with Gasteiger partial charge in [-0.3, -0.25) is 0 Å². The summed E-state index contributed by atoms with van der Waals surface area (Å²) < 4.78 is 0. The van der Waals surface area contributed by atoms with Gasteiger partial charge in [0.1, 0.15) is 5.75 Å². The predicted octanol–water partition coefficient (Wildman–Crippen LogP) is 1.49. The molecule has 0 aliphatic heterocycles. The first-order valence-electron chi connectivity index (χ1n) is 8.27. The van der Waals surface area contributed by atoms with Crippen molar-refractivity contribution in [3.05, 3.63) is 35.4 Å². The zero-order valence-corrected chi connectivity index (χ0v) is 15.1. The van der Waals surface area contributed by atoms with E-state index in [4.69, 9.17) is 10.2 Å². The van der Waals surface area contributed by atoms with Gasteiger partial charge in [-0.2, -0.15) is 0 Å². The zero-order valence-electron chi connectivity index (χ0n) is 15.1. The molecule has 2 rings (SSSR count). The maximum absolute atomic E-state index is 10.4. The van der Waals surface area contributed by atoms with Gasteiger partial charge < -0.3 is 31.1 Å². The number of hydrogen-bond donors (Lipinski definition) is 6. The van der Waals surface area contributed by atoms with Gasteiger partial charge in [0.25, 0.3) is 0 Å². The summed E-state index contributed by atoms with van der Waals surface area (Å²) >= 11 is 0. The van der Waals surface area contributed by atoms with Crippen LogP contribution in [0.5, 0.6) is 5.75 Å². The van der Waals surface area contributed by atoms with Crippen molar-refractivity contribution in [3.63, 3.8) is 0 Å². The summed E-state index contributed by atoms with van der Waals surface area (Å²) in [6.45, 7) is 4.16. The fourth-order valence-electron chi connectivity index (χ4n) is 2.90. The third kappa shape index (κ3) is 6.05.